The summed E-state index contributed by atoms with van der Waals surface area (Å²) < 4.78 is 27.7. The van der Waals surface area contributed by atoms with Crippen molar-refractivity contribution in [2.75, 3.05) is 26.2 Å². The zero-order valence-corrected chi connectivity index (χ0v) is 14.0. The second-order valence-electron chi connectivity index (χ2n) is 5.58. The third-order valence-electron chi connectivity index (χ3n) is 3.60. The zero-order valence-electron chi connectivity index (χ0n) is 12.4. The monoisotopic (exact) mass is 332 g/mol. The molecule has 0 aromatic carbocycles. The zero-order chi connectivity index (χ0) is 15.3. The maximum absolute atomic E-state index is 12.3. The van der Waals surface area contributed by atoms with Gasteiger partial charge in [-0.05, 0) is 45.0 Å². The Labute approximate surface area is 131 Å². The summed E-state index contributed by atoms with van der Waals surface area (Å²) >= 11 is 1.23. The first-order chi connectivity index (χ1) is 10.0. The van der Waals surface area contributed by atoms with Gasteiger partial charge in [-0.1, -0.05) is 6.42 Å². The van der Waals surface area contributed by atoms with Gasteiger partial charge in [0, 0.05) is 30.5 Å². The van der Waals surface area contributed by atoms with Gasteiger partial charge >= 0.3 is 0 Å². The van der Waals surface area contributed by atoms with E-state index in [-0.39, 0.29) is 12.6 Å². The Balaban J connectivity index is 1.92. The molecule has 1 aromatic rings. The van der Waals surface area contributed by atoms with Gasteiger partial charge in [-0.25, -0.2) is 13.1 Å². The van der Waals surface area contributed by atoms with Crippen LogP contribution in [0.15, 0.2) is 16.3 Å². The molecule has 21 heavy (non-hydrogen) atoms. The van der Waals surface area contributed by atoms with E-state index in [9.17, 15) is 8.42 Å². The quantitative estimate of drug-likeness (QED) is 0.793. The molecule has 1 aromatic heterocycles. The molecule has 1 aliphatic heterocycles. The number of aliphatic hydroxyl groups excluding tert-OH is 1. The Kier molecular flexibility index (Phi) is 6.19. The molecular formula is C14H24N2O3S2. The summed E-state index contributed by atoms with van der Waals surface area (Å²) in [6, 6.07) is 3.28. The lowest BCUT2D eigenvalue weighted by Gasteiger charge is -2.29. The highest BCUT2D eigenvalue weighted by molar-refractivity contribution is 7.91. The van der Waals surface area contributed by atoms with Gasteiger partial charge in [0.05, 0.1) is 0 Å². The van der Waals surface area contributed by atoms with Crippen LogP contribution in [-0.4, -0.2) is 50.7 Å². The predicted octanol–water partition coefficient (Wildman–Crippen LogP) is 1.44. The summed E-state index contributed by atoms with van der Waals surface area (Å²) in [4.78, 5) is 3.21. The summed E-state index contributed by atoms with van der Waals surface area (Å²) in [6.07, 6.45) is 4.19. The lowest BCUT2D eigenvalue weighted by Crippen LogP contribution is -2.43. The SMILES string of the molecule is CC(CN1CCCCC1)NS(=O)(=O)c1ccc(CCO)s1. The normalized spacial score (nSPS) is 18.8. The number of thiophene rings is 1. The first-order valence-corrected chi connectivity index (χ1v) is 9.75. The van der Waals surface area contributed by atoms with E-state index in [0.717, 1.165) is 24.5 Å². The minimum atomic E-state index is -3.45. The van der Waals surface area contributed by atoms with Crippen LogP contribution in [0.2, 0.25) is 0 Å². The van der Waals surface area contributed by atoms with Gasteiger partial charge in [0.15, 0.2) is 0 Å². The second kappa shape index (κ2) is 7.69. The van der Waals surface area contributed by atoms with Crippen molar-refractivity contribution in [2.24, 2.45) is 0 Å². The Morgan fingerprint density at radius 2 is 2.05 bits per heavy atom. The summed E-state index contributed by atoms with van der Waals surface area (Å²) in [6.45, 7) is 4.83. The number of nitrogens with zero attached hydrogens (tertiary/aromatic N) is 1. The molecule has 1 unspecified atom stereocenters. The largest absolute Gasteiger partial charge is 0.396 e. The Morgan fingerprint density at radius 1 is 1.33 bits per heavy atom. The standard InChI is InChI=1S/C14H24N2O3S2/c1-12(11-16-8-3-2-4-9-16)15-21(18,19)14-6-5-13(20-14)7-10-17/h5-6,12,15,17H,2-4,7-11H2,1H3. The van der Waals surface area contributed by atoms with Gasteiger partial charge in [-0.3, -0.25) is 0 Å². The molecule has 1 saturated heterocycles. The molecule has 2 heterocycles. The fourth-order valence-corrected chi connectivity index (χ4v) is 5.23. The highest BCUT2D eigenvalue weighted by atomic mass is 32.2. The van der Waals surface area contributed by atoms with Crippen LogP contribution in [0.5, 0.6) is 0 Å². The number of likely N-dealkylation sites (tertiary alicyclic amines) is 1. The van der Waals surface area contributed by atoms with Crippen LogP contribution in [0.4, 0.5) is 0 Å². The Bertz CT molecular complexity index is 536. The second-order valence-corrected chi connectivity index (χ2v) is 8.69. The minimum absolute atomic E-state index is 0.0405. The summed E-state index contributed by atoms with van der Waals surface area (Å²) in [5.74, 6) is 0. The van der Waals surface area contributed by atoms with Crippen LogP contribution in [0, 0.1) is 0 Å². The predicted molar refractivity (Wildman–Crippen MR) is 85.2 cm³/mol. The van der Waals surface area contributed by atoms with Gasteiger partial charge in [0.25, 0.3) is 0 Å². The van der Waals surface area contributed by atoms with Crippen LogP contribution in [-0.2, 0) is 16.4 Å². The molecule has 5 nitrogen and oxygen atoms in total. The van der Waals surface area contributed by atoms with E-state index >= 15 is 0 Å². The molecule has 1 aliphatic rings. The van der Waals surface area contributed by atoms with Crippen LogP contribution in [0.3, 0.4) is 0 Å². The van der Waals surface area contributed by atoms with Crippen molar-refractivity contribution in [3.05, 3.63) is 17.0 Å². The lowest BCUT2D eigenvalue weighted by molar-refractivity contribution is 0.215. The topological polar surface area (TPSA) is 69.6 Å². The fourth-order valence-electron chi connectivity index (χ4n) is 2.64. The van der Waals surface area contributed by atoms with Crippen molar-refractivity contribution >= 4 is 21.4 Å². The van der Waals surface area contributed by atoms with Crippen molar-refractivity contribution in [3.63, 3.8) is 0 Å². The van der Waals surface area contributed by atoms with E-state index in [2.05, 4.69) is 9.62 Å². The Morgan fingerprint density at radius 3 is 2.71 bits per heavy atom. The molecule has 0 radical (unpaired) electrons. The van der Waals surface area contributed by atoms with E-state index in [4.69, 9.17) is 5.11 Å². The Hall–Kier alpha value is -0.470. The molecular weight excluding hydrogens is 308 g/mol. The van der Waals surface area contributed by atoms with Crippen molar-refractivity contribution in [2.45, 2.75) is 42.9 Å². The highest BCUT2D eigenvalue weighted by Crippen LogP contribution is 2.22. The fraction of sp³-hybridized carbons (Fsp3) is 0.714. The molecule has 2 N–H and O–H groups in total. The van der Waals surface area contributed by atoms with Crippen molar-refractivity contribution < 1.29 is 13.5 Å². The minimum Gasteiger partial charge on any atom is -0.396 e. The van der Waals surface area contributed by atoms with E-state index < -0.39 is 10.0 Å². The van der Waals surface area contributed by atoms with Crippen LogP contribution >= 0.6 is 11.3 Å². The van der Waals surface area contributed by atoms with Crippen molar-refractivity contribution in [1.82, 2.24) is 9.62 Å². The molecule has 7 heteroatoms. The molecule has 0 spiro atoms. The van der Waals surface area contributed by atoms with Gasteiger partial charge in [-0.2, -0.15) is 0 Å². The number of nitrogens with one attached hydrogen (secondary N) is 1. The van der Waals surface area contributed by atoms with Crippen molar-refractivity contribution in [1.29, 1.82) is 0 Å². The third kappa shape index (κ3) is 5.03. The molecule has 1 fully saturated rings. The molecule has 0 saturated carbocycles. The molecule has 120 valence electrons. The van der Waals surface area contributed by atoms with Crippen LogP contribution < -0.4 is 4.72 Å². The van der Waals surface area contributed by atoms with Crippen LogP contribution in [0.25, 0.3) is 0 Å². The van der Waals surface area contributed by atoms with Crippen LogP contribution in [0.1, 0.15) is 31.1 Å². The summed E-state index contributed by atoms with van der Waals surface area (Å²) in [5, 5.41) is 8.90. The van der Waals surface area contributed by atoms with E-state index in [1.54, 1.807) is 12.1 Å². The first kappa shape index (κ1) is 16.9. The van der Waals surface area contributed by atoms with E-state index in [1.165, 1.54) is 30.6 Å². The van der Waals surface area contributed by atoms with Gasteiger partial charge in [0.1, 0.15) is 4.21 Å². The first-order valence-electron chi connectivity index (χ1n) is 7.45. The lowest BCUT2D eigenvalue weighted by atomic mass is 10.1. The summed E-state index contributed by atoms with van der Waals surface area (Å²) in [5.41, 5.74) is 0. The smallest absolute Gasteiger partial charge is 0.250 e. The number of piperidine rings is 1. The maximum atomic E-state index is 12.3. The molecule has 0 bridgehead atoms. The molecule has 2 rings (SSSR count). The number of hydrogen-bond donors (Lipinski definition) is 2. The van der Waals surface area contributed by atoms with Gasteiger partial charge in [-0.15, -0.1) is 11.3 Å². The summed E-state index contributed by atoms with van der Waals surface area (Å²) in [7, 11) is -3.45. The van der Waals surface area contributed by atoms with Gasteiger partial charge in [0.2, 0.25) is 10.0 Å². The molecule has 0 aliphatic carbocycles. The van der Waals surface area contributed by atoms with E-state index in [0.29, 0.717) is 10.6 Å². The number of rotatable bonds is 7. The maximum Gasteiger partial charge on any atom is 0.250 e. The average Bonchev–Trinajstić information content (AvgIpc) is 2.89. The average molecular weight is 332 g/mol. The highest BCUT2D eigenvalue weighted by Gasteiger charge is 2.21. The van der Waals surface area contributed by atoms with E-state index in [1.807, 2.05) is 6.92 Å². The van der Waals surface area contributed by atoms with Crippen molar-refractivity contribution in [3.8, 4) is 0 Å². The molecule has 1 atom stereocenters. The third-order valence-corrected chi connectivity index (χ3v) is 6.82. The van der Waals surface area contributed by atoms with Gasteiger partial charge < -0.3 is 10.0 Å². The number of aliphatic hydroxyl groups is 1. The number of hydrogen-bond acceptors (Lipinski definition) is 5. The molecule has 0 amide bonds. The number of sulfonamides is 1.